The van der Waals surface area contributed by atoms with Crippen molar-refractivity contribution >= 4 is 113 Å². The molecule has 0 bridgehead atoms. The van der Waals surface area contributed by atoms with Crippen molar-refractivity contribution in [3.63, 3.8) is 0 Å². The lowest BCUT2D eigenvalue weighted by Crippen LogP contribution is -2.46. The molecule has 6 heterocycles. The zero-order chi connectivity index (χ0) is 74.7. The van der Waals surface area contributed by atoms with Gasteiger partial charge in [-0.3, -0.25) is 0 Å². The molecule has 10 heteroatoms. The van der Waals surface area contributed by atoms with E-state index in [1.165, 1.54) is 85.0 Å². The SMILES string of the molecule is CC1(c2ccccc2)N=C(c2cccc3c4c(n(-c5ccccc5)c23)C=CCC4)N=C(c2ccc3c(c2)sc2c(-c4ccccc4)cc(-c4cccc(-c5ccc6c(c5)c5cccc(-c7nc(-c8ccccc8)nc(-c8ccc9sc%10c(-c%11ccccc%11)cc(-c%11ccccc%11)cc%10c9c8)n7)c5n6-c5ccccc5)c4)cc23)N1. The molecule has 15 aromatic carbocycles. The average Bonchev–Trinajstić information content (AvgIpc) is 1.59. The van der Waals surface area contributed by atoms with E-state index in [0.717, 1.165) is 118 Å². The normalized spacial score (nSPS) is 14.2. The number of para-hydroxylation sites is 4. The first-order valence-corrected chi connectivity index (χ1v) is 40.1. The number of allylic oxidation sites excluding steroid dienone is 1. The number of aromatic nitrogens is 5. The Morgan fingerprint density at radius 1 is 0.336 bits per heavy atom. The Morgan fingerprint density at radius 2 is 0.841 bits per heavy atom. The lowest BCUT2D eigenvalue weighted by atomic mass is 9.93. The molecule has 1 unspecified atom stereocenters. The van der Waals surface area contributed by atoms with Crippen LogP contribution in [0.15, 0.2) is 368 Å². The summed E-state index contributed by atoms with van der Waals surface area (Å²) in [5, 5.41) is 12.1. The van der Waals surface area contributed by atoms with E-state index in [9.17, 15) is 0 Å². The molecule has 2 aliphatic rings. The molecule has 113 heavy (non-hydrogen) atoms. The highest BCUT2D eigenvalue weighted by molar-refractivity contribution is 7.26. The Morgan fingerprint density at radius 3 is 1.53 bits per heavy atom. The van der Waals surface area contributed by atoms with Crippen molar-refractivity contribution in [3.8, 4) is 101 Å². The van der Waals surface area contributed by atoms with E-state index in [0.29, 0.717) is 23.3 Å². The van der Waals surface area contributed by atoms with Crippen molar-refractivity contribution in [2.75, 3.05) is 0 Å². The Hall–Kier alpha value is -14.0. The largest absolute Gasteiger partial charge is 0.342 e. The molecule has 0 radical (unpaired) electrons. The molecular weight excluding hydrogens is 1410 g/mol. The van der Waals surface area contributed by atoms with Crippen molar-refractivity contribution in [3.05, 3.63) is 386 Å². The lowest BCUT2D eigenvalue weighted by Gasteiger charge is -2.33. The number of aryl methyl sites for hydroxylation is 1. The van der Waals surface area contributed by atoms with E-state index in [2.05, 4.69) is 367 Å². The maximum atomic E-state index is 5.61. The van der Waals surface area contributed by atoms with Gasteiger partial charge in [-0.2, -0.15) is 0 Å². The predicted molar refractivity (Wildman–Crippen MR) is 474 cm³/mol. The predicted octanol–water partition coefficient (Wildman–Crippen LogP) is 26.6. The molecule has 22 rings (SSSR count). The van der Waals surface area contributed by atoms with Crippen LogP contribution in [0.2, 0.25) is 0 Å². The van der Waals surface area contributed by atoms with Gasteiger partial charge >= 0.3 is 0 Å². The third kappa shape index (κ3) is 11.3. The van der Waals surface area contributed by atoms with Crippen LogP contribution in [-0.4, -0.2) is 35.8 Å². The van der Waals surface area contributed by atoms with E-state index < -0.39 is 5.66 Å². The minimum absolute atomic E-state index is 0.591. The highest BCUT2D eigenvalue weighted by Crippen LogP contribution is 2.48. The molecule has 0 fully saturated rings. The molecule has 0 amide bonds. The maximum absolute atomic E-state index is 5.61. The highest BCUT2D eigenvalue weighted by atomic mass is 32.1. The van der Waals surface area contributed by atoms with Crippen molar-refractivity contribution in [2.45, 2.75) is 25.4 Å². The first-order valence-electron chi connectivity index (χ1n) is 38.5. The molecule has 1 atom stereocenters. The van der Waals surface area contributed by atoms with Gasteiger partial charge in [0, 0.05) is 113 Å². The number of nitrogens with one attached hydrogen (secondary N) is 1. The van der Waals surface area contributed by atoms with Gasteiger partial charge in [0.2, 0.25) is 0 Å². The van der Waals surface area contributed by atoms with E-state index >= 15 is 0 Å². The number of fused-ring (bicyclic) bond motifs is 12. The maximum Gasteiger partial charge on any atom is 0.166 e. The Bertz CT molecular complexity index is 7310. The van der Waals surface area contributed by atoms with Crippen molar-refractivity contribution in [1.29, 1.82) is 0 Å². The standard InChI is InChI=1S/C103H68N8S2/c1-103(75-38-17-6-18-39-75)108-100(107-102(109-103)83-48-26-45-80-78-44-23-24-49-90(78)110(94(80)83)76-40-19-7-20-41-76)72-50-53-79-88-62-74(60-85(66-32-13-4-14-33-66)96(88)113-93(79)63-72)69-37-25-36-68(56-69)70-51-54-91-86(57-70)81-46-27-47-82(95(81)111(91)77-42-21-8-22-43-77)101-105-98(67-34-15-5-16-35-67)104-99(106-101)71-52-55-92-87(58-71)89-61-73(64-28-9-2-10-29-64)59-84(97(89)112-92)65-30-11-3-12-31-65/h2-22,24-43,45-63H,23,44H2,1H3,(H,107,108,109). The monoisotopic (exact) mass is 1480 g/mol. The molecule has 0 saturated heterocycles. The smallest absolute Gasteiger partial charge is 0.166 e. The van der Waals surface area contributed by atoms with E-state index in [-0.39, 0.29) is 0 Å². The van der Waals surface area contributed by atoms with Crippen molar-refractivity contribution in [2.24, 2.45) is 9.98 Å². The van der Waals surface area contributed by atoms with Crippen LogP contribution in [0.4, 0.5) is 0 Å². The van der Waals surface area contributed by atoms with Gasteiger partial charge < -0.3 is 14.5 Å². The first kappa shape index (κ1) is 66.0. The Kier molecular flexibility index (Phi) is 15.7. The van der Waals surface area contributed by atoms with E-state index in [1.54, 1.807) is 0 Å². The fourth-order valence-electron chi connectivity index (χ4n) is 17.3. The second kappa shape index (κ2) is 26.9. The van der Waals surface area contributed by atoms with Gasteiger partial charge in [-0.05, 0) is 185 Å². The van der Waals surface area contributed by atoms with Crippen LogP contribution in [-0.2, 0) is 12.1 Å². The van der Waals surface area contributed by atoms with Gasteiger partial charge in [0.25, 0.3) is 0 Å². The average molecular weight is 1480 g/mol. The third-order valence-corrected chi connectivity index (χ3v) is 25.1. The molecule has 1 aliphatic heterocycles. The van der Waals surface area contributed by atoms with Crippen LogP contribution in [0, 0.1) is 0 Å². The quantitative estimate of drug-likeness (QED) is 0.125. The summed E-state index contributed by atoms with van der Waals surface area (Å²) in [5.41, 5.74) is 24.5. The number of nitrogens with zero attached hydrogens (tertiary/aromatic N) is 7. The van der Waals surface area contributed by atoms with Crippen LogP contribution in [0.25, 0.3) is 180 Å². The van der Waals surface area contributed by atoms with Gasteiger partial charge in [-0.1, -0.05) is 255 Å². The summed E-state index contributed by atoms with van der Waals surface area (Å²) in [7, 11) is 0. The molecule has 5 aromatic heterocycles. The summed E-state index contributed by atoms with van der Waals surface area (Å²) in [4.78, 5) is 27.5. The minimum Gasteiger partial charge on any atom is -0.342 e. The van der Waals surface area contributed by atoms with Gasteiger partial charge in [0.15, 0.2) is 29.0 Å². The number of hydrogen-bond acceptors (Lipinski definition) is 8. The second-order valence-electron chi connectivity index (χ2n) is 29.5. The van der Waals surface area contributed by atoms with E-state index in [4.69, 9.17) is 24.9 Å². The molecule has 532 valence electrons. The lowest BCUT2D eigenvalue weighted by molar-refractivity contribution is 0.455. The van der Waals surface area contributed by atoms with Crippen LogP contribution >= 0.6 is 22.7 Å². The molecule has 1 N–H and O–H groups in total. The number of rotatable bonds is 13. The summed E-state index contributed by atoms with van der Waals surface area (Å²) in [6, 6.07) is 127. The van der Waals surface area contributed by atoms with Crippen molar-refractivity contribution < 1.29 is 0 Å². The molecule has 0 spiro atoms. The van der Waals surface area contributed by atoms with Crippen LogP contribution in [0.3, 0.4) is 0 Å². The second-order valence-corrected chi connectivity index (χ2v) is 31.6. The van der Waals surface area contributed by atoms with Gasteiger partial charge in [0.05, 0.1) is 16.6 Å². The molecule has 8 nitrogen and oxygen atoms in total. The number of hydrogen-bond donors (Lipinski definition) is 1. The van der Waals surface area contributed by atoms with Crippen molar-refractivity contribution in [1.82, 2.24) is 29.4 Å². The Labute approximate surface area is 660 Å². The van der Waals surface area contributed by atoms with Crippen LogP contribution in [0.1, 0.15) is 41.3 Å². The number of benzene rings is 15. The fraction of sp³-hybridized carbons (Fsp3) is 0.0388. The Balaban J connectivity index is 0.657. The third-order valence-electron chi connectivity index (χ3n) is 22.7. The summed E-state index contributed by atoms with van der Waals surface area (Å²) in [6.45, 7) is 2.17. The minimum atomic E-state index is -0.840. The topological polar surface area (TPSA) is 85.3 Å². The molecule has 0 saturated carbocycles. The summed E-state index contributed by atoms with van der Waals surface area (Å²) < 4.78 is 9.67. The molecule has 20 aromatic rings. The summed E-state index contributed by atoms with van der Waals surface area (Å²) in [5.74, 6) is 3.26. The van der Waals surface area contributed by atoms with Gasteiger partial charge in [-0.15, -0.1) is 22.7 Å². The number of amidine groups is 2. The van der Waals surface area contributed by atoms with E-state index in [1.807, 2.05) is 40.9 Å². The van der Waals surface area contributed by atoms with Crippen LogP contribution in [0.5, 0.6) is 0 Å². The number of aliphatic imine (C=N–C) groups is 2. The summed E-state index contributed by atoms with van der Waals surface area (Å²) in [6.07, 6.45) is 6.57. The first-order chi connectivity index (χ1) is 55.8. The highest BCUT2D eigenvalue weighted by Gasteiger charge is 2.34. The van der Waals surface area contributed by atoms with Gasteiger partial charge in [-0.25, -0.2) is 24.9 Å². The molecule has 1 aliphatic carbocycles. The summed E-state index contributed by atoms with van der Waals surface area (Å²) >= 11 is 3.68. The number of thiophene rings is 2. The molecular formula is C103H68N8S2. The van der Waals surface area contributed by atoms with Crippen LogP contribution < -0.4 is 5.32 Å². The van der Waals surface area contributed by atoms with Gasteiger partial charge in [0.1, 0.15) is 5.84 Å². The fourth-order valence-corrected chi connectivity index (χ4v) is 19.7. The zero-order valence-corrected chi connectivity index (χ0v) is 63.1. The zero-order valence-electron chi connectivity index (χ0n) is 61.5.